The molecule has 1 aromatic rings. The molecule has 1 aliphatic rings. The van der Waals surface area contributed by atoms with E-state index in [1.54, 1.807) is 4.90 Å². The summed E-state index contributed by atoms with van der Waals surface area (Å²) in [6.07, 6.45) is 0.134. The lowest BCUT2D eigenvalue weighted by molar-refractivity contribution is -0.199. The van der Waals surface area contributed by atoms with Gasteiger partial charge in [-0.2, -0.15) is 0 Å². The van der Waals surface area contributed by atoms with Crippen molar-refractivity contribution >= 4 is 6.09 Å². The molecule has 1 fully saturated rings. The van der Waals surface area contributed by atoms with Crippen molar-refractivity contribution in [2.75, 3.05) is 13.1 Å². The van der Waals surface area contributed by atoms with Crippen LogP contribution in [0.4, 0.5) is 4.79 Å². The van der Waals surface area contributed by atoms with E-state index in [0.717, 1.165) is 17.5 Å². The number of nitrogens with zero attached hydrogens (tertiary/aromatic N) is 1. The quantitative estimate of drug-likeness (QED) is 0.703. The number of amides is 1. The van der Waals surface area contributed by atoms with Crippen molar-refractivity contribution in [2.24, 2.45) is 11.8 Å². The predicted molar refractivity (Wildman–Crippen MR) is 112 cm³/mol. The van der Waals surface area contributed by atoms with Crippen LogP contribution in [0.3, 0.4) is 0 Å². The van der Waals surface area contributed by atoms with Crippen molar-refractivity contribution in [3.8, 4) is 0 Å². The van der Waals surface area contributed by atoms with Crippen LogP contribution in [0.15, 0.2) is 24.3 Å². The molecule has 6 nitrogen and oxygen atoms in total. The Balaban J connectivity index is 2.15. The van der Waals surface area contributed by atoms with Crippen LogP contribution in [0, 0.1) is 11.8 Å². The van der Waals surface area contributed by atoms with E-state index >= 15 is 0 Å². The summed E-state index contributed by atoms with van der Waals surface area (Å²) in [6, 6.07) is 7.74. The zero-order valence-corrected chi connectivity index (χ0v) is 18.6. The number of hydrogen-bond donors (Lipinski definition) is 2. The smallest absolute Gasteiger partial charge is 0.410 e. The molecule has 1 unspecified atom stereocenters. The number of aliphatic hydroxyl groups excluding tert-OH is 2. The minimum absolute atomic E-state index is 0.0185. The molecule has 164 valence electrons. The molecular formula is C23H37NO5. The first-order valence-electron chi connectivity index (χ1n) is 10.4. The molecule has 0 radical (unpaired) electrons. The van der Waals surface area contributed by atoms with Crippen LogP contribution >= 0.6 is 0 Å². The molecule has 2 rings (SSSR count). The Labute approximate surface area is 174 Å². The van der Waals surface area contributed by atoms with Crippen LogP contribution in [-0.4, -0.2) is 51.8 Å². The second kappa shape index (κ2) is 9.45. The van der Waals surface area contributed by atoms with Crippen molar-refractivity contribution in [1.29, 1.82) is 0 Å². The van der Waals surface area contributed by atoms with Crippen LogP contribution < -0.4 is 0 Å². The molecule has 3 atom stereocenters. The first-order chi connectivity index (χ1) is 13.4. The Morgan fingerprint density at radius 1 is 1.17 bits per heavy atom. The fourth-order valence-corrected chi connectivity index (χ4v) is 3.71. The van der Waals surface area contributed by atoms with Crippen molar-refractivity contribution in [2.45, 2.75) is 78.5 Å². The predicted octanol–water partition coefficient (Wildman–Crippen LogP) is 3.73. The van der Waals surface area contributed by atoms with Gasteiger partial charge in [0, 0.05) is 19.0 Å². The number of rotatable bonds is 6. The van der Waals surface area contributed by atoms with Gasteiger partial charge in [0.2, 0.25) is 0 Å². The Morgan fingerprint density at radius 2 is 1.83 bits per heavy atom. The highest BCUT2D eigenvalue weighted by molar-refractivity contribution is 5.68. The molecule has 0 aliphatic carbocycles. The van der Waals surface area contributed by atoms with Crippen molar-refractivity contribution < 1.29 is 24.5 Å². The van der Waals surface area contributed by atoms with Gasteiger partial charge in [0.25, 0.3) is 0 Å². The van der Waals surface area contributed by atoms with Gasteiger partial charge in [-0.25, -0.2) is 4.79 Å². The van der Waals surface area contributed by atoms with Gasteiger partial charge in [-0.05, 0) is 71.4 Å². The first-order valence-corrected chi connectivity index (χ1v) is 10.4. The molecular weight excluding hydrogens is 370 g/mol. The van der Waals surface area contributed by atoms with Gasteiger partial charge in [-0.1, -0.05) is 24.3 Å². The molecule has 0 aromatic heterocycles. The molecule has 1 aromatic carbocycles. The summed E-state index contributed by atoms with van der Waals surface area (Å²) < 4.78 is 11.4. The molecule has 1 saturated heterocycles. The lowest BCUT2D eigenvalue weighted by Gasteiger charge is -2.33. The molecule has 0 spiro atoms. The fourth-order valence-electron chi connectivity index (χ4n) is 3.71. The Morgan fingerprint density at radius 3 is 2.41 bits per heavy atom. The summed E-state index contributed by atoms with van der Waals surface area (Å²) in [5.74, 6) is -0.0757. The molecule has 0 saturated carbocycles. The summed E-state index contributed by atoms with van der Waals surface area (Å²) in [6.45, 7) is 12.4. The summed E-state index contributed by atoms with van der Waals surface area (Å²) in [4.78, 5) is 14.2. The van der Waals surface area contributed by atoms with Crippen LogP contribution in [0.2, 0.25) is 0 Å². The van der Waals surface area contributed by atoms with Crippen LogP contribution in [0.25, 0.3) is 0 Å². The fraction of sp³-hybridized carbons (Fsp3) is 0.696. The van der Waals surface area contributed by atoms with E-state index in [0.29, 0.717) is 19.5 Å². The van der Waals surface area contributed by atoms with E-state index in [2.05, 4.69) is 0 Å². The number of hydrogen-bond acceptors (Lipinski definition) is 5. The van der Waals surface area contributed by atoms with E-state index in [-0.39, 0.29) is 24.5 Å². The van der Waals surface area contributed by atoms with Crippen LogP contribution in [0.5, 0.6) is 0 Å². The Hall–Kier alpha value is -1.63. The topological polar surface area (TPSA) is 79.2 Å². The van der Waals surface area contributed by atoms with Gasteiger partial charge in [0.1, 0.15) is 5.60 Å². The van der Waals surface area contributed by atoms with Crippen LogP contribution in [-0.2, 0) is 22.5 Å². The largest absolute Gasteiger partial charge is 0.444 e. The normalized spacial score (nSPS) is 19.9. The second-order valence-corrected chi connectivity index (χ2v) is 9.94. The number of likely N-dealkylation sites (tertiary alicyclic amines) is 1. The van der Waals surface area contributed by atoms with Gasteiger partial charge in [0.05, 0.1) is 12.2 Å². The van der Waals surface area contributed by atoms with E-state index in [9.17, 15) is 15.0 Å². The lowest BCUT2D eigenvalue weighted by atomic mass is 9.85. The summed E-state index contributed by atoms with van der Waals surface area (Å²) >= 11 is 0. The van der Waals surface area contributed by atoms with Gasteiger partial charge >= 0.3 is 6.09 Å². The van der Waals surface area contributed by atoms with Gasteiger partial charge in [-0.3, -0.25) is 0 Å². The molecule has 6 heteroatoms. The van der Waals surface area contributed by atoms with Crippen molar-refractivity contribution in [3.63, 3.8) is 0 Å². The van der Waals surface area contributed by atoms with Crippen LogP contribution in [0.1, 0.15) is 59.1 Å². The maximum Gasteiger partial charge on any atom is 0.410 e. The third kappa shape index (κ3) is 7.61. The molecule has 2 N–H and O–H groups in total. The molecule has 1 heterocycles. The number of carbonyl (C=O) groups excluding carboxylic acids is 1. The number of ether oxygens (including phenoxy) is 2. The third-order valence-electron chi connectivity index (χ3n) is 4.97. The molecule has 29 heavy (non-hydrogen) atoms. The van der Waals surface area contributed by atoms with E-state index < -0.39 is 17.5 Å². The minimum Gasteiger partial charge on any atom is -0.444 e. The standard InChI is InChI=1S/C23H37NO5/c1-22(2,3)28-20(26)19(13-16-8-7-9-17(12-16)15-25)18-10-11-24(14-18)21(27)29-23(4,5)6/h7-9,12,18-20,25-26H,10-11,13-15H2,1-6H3/t18-,19-,20?/m0/s1. The van der Waals surface area contributed by atoms with Gasteiger partial charge in [0.15, 0.2) is 6.29 Å². The Kier molecular flexibility index (Phi) is 7.71. The van der Waals surface area contributed by atoms with Crippen molar-refractivity contribution in [1.82, 2.24) is 4.90 Å². The average Bonchev–Trinajstić information content (AvgIpc) is 3.06. The summed E-state index contributed by atoms with van der Waals surface area (Å²) in [5, 5.41) is 20.3. The van der Waals surface area contributed by atoms with E-state index in [1.807, 2.05) is 65.8 Å². The van der Waals surface area contributed by atoms with E-state index in [1.165, 1.54) is 0 Å². The highest BCUT2D eigenvalue weighted by Crippen LogP contribution is 2.32. The summed E-state index contributed by atoms with van der Waals surface area (Å²) in [7, 11) is 0. The lowest BCUT2D eigenvalue weighted by Crippen LogP contribution is -2.40. The minimum atomic E-state index is -0.948. The first kappa shape index (κ1) is 23.6. The molecule has 1 aliphatic heterocycles. The Bertz CT molecular complexity index is 677. The summed E-state index contributed by atoms with van der Waals surface area (Å²) in [5.41, 5.74) is 0.866. The van der Waals surface area contributed by atoms with Crippen molar-refractivity contribution in [3.05, 3.63) is 35.4 Å². The van der Waals surface area contributed by atoms with Gasteiger partial charge in [-0.15, -0.1) is 0 Å². The monoisotopic (exact) mass is 407 g/mol. The number of aliphatic hydroxyl groups is 2. The highest BCUT2D eigenvalue weighted by atomic mass is 16.6. The molecule has 0 bridgehead atoms. The second-order valence-electron chi connectivity index (χ2n) is 9.94. The van der Waals surface area contributed by atoms with E-state index in [4.69, 9.17) is 9.47 Å². The maximum absolute atomic E-state index is 12.5. The van der Waals surface area contributed by atoms with Gasteiger partial charge < -0.3 is 24.6 Å². The zero-order valence-electron chi connectivity index (χ0n) is 18.6. The molecule has 1 amide bonds. The number of benzene rings is 1. The maximum atomic E-state index is 12.5. The zero-order chi connectivity index (χ0) is 21.8. The SMILES string of the molecule is CC(C)(C)OC(=O)N1CC[C@H]([C@H](Cc2cccc(CO)c2)C(O)OC(C)(C)C)C1. The number of carbonyl (C=O) groups is 1. The highest BCUT2D eigenvalue weighted by Gasteiger charge is 2.38. The average molecular weight is 408 g/mol. The third-order valence-corrected chi connectivity index (χ3v) is 4.97.